The number of nitrogens with zero attached hydrogens (tertiary/aromatic N) is 3. The van der Waals surface area contributed by atoms with E-state index in [9.17, 15) is 4.79 Å². The van der Waals surface area contributed by atoms with Gasteiger partial charge in [0.2, 0.25) is 0 Å². The van der Waals surface area contributed by atoms with Crippen molar-refractivity contribution in [3.05, 3.63) is 47.1 Å². The smallest absolute Gasteiger partial charge is 0.279 e. The van der Waals surface area contributed by atoms with Crippen LogP contribution in [0, 0.1) is 0 Å². The number of hydrogen-bond donors (Lipinski definition) is 0. The summed E-state index contributed by atoms with van der Waals surface area (Å²) in [7, 11) is 0. The second-order valence-electron chi connectivity index (χ2n) is 3.66. The molecule has 0 aliphatic carbocycles. The maximum Gasteiger partial charge on any atom is 0.350 e. The summed E-state index contributed by atoms with van der Waals surface area (Å²) in [4.78, 5) is 11.9. The van der Waals surface area contributed by atoms with E-state index in [1.165, 1.54) is 4.68 Å². The average molecular weight is 203 g/mol. The highest BCUT2D eigenvalue weighted by Gasteiger charge is 2.08. The minimum Gasteiger partial charge on any atom is -0.279 e. The van der Waals surface area contributed by atoms with Crippen molar-refractivity contribution in [3.63, 3.8) is 0 Å². The van der Waals surface area contributed by atoms with Crippen LogP contribution in [0.15, 0.2) is 41.5 Å². The minimum absolute atomic E-state index is 0.101. The van der Waals surface area contributed by atoms with Crippen LogP contribution in [-0.2, 0) is 0 Å². The Morgan fingerprint density at radius 1 is 1.20 bits per heavy atom. The first-order chi connectivity index (χ1) is 7.20. The van der Waals surface area contributed by atoms with Crippen molar-refractivity contribution in [2.75, 3.05) is 0 Å². The first-order valence-electron chi connectivity index (χ1n) is 4.91. The molecule has 0 N–H and O–H groups in total. The summed E-state index contributed by atoms with van der Waals surface area (Å²) in [5, 5.41) is 4.07. The summed E-state index contributed by atoms with van der Waals surface area (Å²) in [6, 6.07) is 9.54. The van der Waals surface area contributed by atoms with E-state index in [0.29, 0.717) is 0 Å². The maximum absolute atomic E-state index is 11.9. The van der Waals surface area contributed by atoms with E-state index in [1.807, 2.05) is 44.2 Å². The van der Waals surface area contributed by atoms with Gasteiger partial charge < -0.3 is 0 Å². The van der Waals surface area contributed by atoms with Crippen LogP contribution in [0.2, 0.25) is 0 Å². The SMILES string of the molecule is CC(C)n1cnn(-c2ccccc2)c1=O. The zero-order valence-corrected chi connectivity index (χ0v) is 8.79. The van der Waals surface area contributed by atoms with Crippen molar-refractivity contribution in [3.8, 4) is 5.69 Å². The van der Waals surface area contributed by atoms with Gasteiger partial charge in [-0.05, 0) is 26.0 Å². The van der Waals surface area contributed by atoms with E-state index >= 15 is 0 Å². The van der Waals surface area contributed by atoms with Gasteiger partial charge in [0.05, 0.1) is 5.69 Å². The van der Waals surface area contributed by atoms with Crippen LogP contribution in [0.4, 0.5) is 0 Å². The third kappa shape index (κ3) is 1.70. The van der Waals surface area contributed by atoms with Crippen LogP contribution in [0.1, 0.15) is 19.9 Å². The molecule has 0 aliphatic rings. The van der Waals surface area contributed by atoms with Gasteiger partial charge in [-0.15, -0.1) is 0 Å². The molecule has 0 radical (unpaired) electrons. The molecule has 0 unspecified atom stereocenters. The first-order valence-corrected chi connectivity index (χ1v) is 4.91. The highest BCUT2D eigenvalue weighted by atomic mass is 16.2. The molecule has 4 heteroatoms. The summed E-state index contributed by atoms with van der Waals surface area (Å²) >= 11 is 0. The topological polar surface area (TPSA) is 39.8 Å². The van der Waals surface area contributed by atoms with Crippen molar-refractivity contribution in [1.82, 2.24) is 14.3 Å². The van der Waals surface area contributed by atoms with E-state index in [-0.39, 0.29) is 11.7 Å². The van der Waals surface area contributed by atoms with E-state index < -0.39 is 0 Å². The van der Waals surface area contributed by atoms with E-state index in [4.69, 9.17) is 0 Å². The Bertz CT molecular complexity index is 496. The van der Waals surface area contributed by atoms with Crippen LogP contribution >= 0.6 is 0 Å². The molecule has 0 saturated heterocycles. The van der Waals surface area contributed by atoms with Crippen molar-refractivity contribution < 1.29 is 0 Å². The van der Waals surface area contributed by atoms with Gasteiger partial charge in [-0.2, -0.15) is 9.78 Å². The summed E-state index contributed by atoms with van der Waals surface area (Å²) in [6.45, 7) is 3.91. The quantitative estimate of drug-likeness (QED) is 0.744. The minimum atomic E-state index is -0.101. The number of aromatic nitrogens is 3. The molecular weight excluding hydrogens is 190 g/mol. The summed E-state index contributed by atoms with van der Waals surface area (Å²) in [6.07, 6.45) is 1.57. The lowest BCUT2D eigenvalue weighted by Gasteiger charge is -2.02. The van der Waals surface area contributed by atoms with Crippen LogP contribution < -0.4 is 5.69 Å². The molecule has 0 fully saturated rings. The summed E-state index contributed by atoms with van der Waals surface area (Å²) in [5.41, 5.74) is 0.693. The van der Waals surface area contributed by atoms with Crippen molar-refractivity contribution in [1.29, 1.82) is 0 Å². The van der Waals surface area contributed by atoms with Crippen LogP contribution in [0.25, 0.3) is 5.69 Å². The molecule has 0 atom stereocenters. The van der Waals surface area contributed by atoms with E-state index in [2.05, 4.69) is 5.10 Å². The third-order valence-corrected chi connectivity index (χ3v) is 2.25. The number of para-hydroxylation sites is 1. The van der Waals surface area contributed by atoms with Gasteiger partial charge in [-0.25, -0.2) is 4.79 Å². The fraction of sp³-hybridized carbons (Fsp3) is 0.273. The molecule has 78 valence electrons. The number of benzene rings is 1. The second-order valence-corrected chi connectivity index (χ2v) is 3.66. The molecular formula is C11H13N3O. The Hall–Kier alpha value is -1.84. The average Bonchev–Trinajstić information content (AvgIpc) is 2.61. The van der Waals surface area contributed by atoms with Gasteiger partial charge in [-0.1, -0.05) is 18.2 Å². The van der Waals surface area contributed by atoms with E-state index in [1.54, 1.807) is 10.9 Å². The van der Waals surface area contributed by atoms with Crippen molar-refractivity contribution >= 4 is 0 Å². The standard InChI is InChI=1S/C11H13N3O/c1-9(2)13-8-12-14(11(13)15)10-6-4-3-5-7-10/h3-9H,1-2H3. The predicted octanol–water partition coefficient (Wildman–Crippen LogP) is 1.61. The molecule has 15 heavy (non-hydrogen) atoms. The van der Waals surface area contributed by atoms with Gasteiger partial charge in [0, 0.05) is 6.04 Å². The normalized spacial score (nSPS) is 10.9. The summed E-state index contributed by atoms with van der Waals surface area (Å²) in [5.74, 6) is 0. The second kappa shape index (κ2) is 3.73. The van der Waals surface area contributed by atoms with Gasteiger partial charge in [-0.3, -0.25) is 4.57 Å². The molecule has 0 bridgehead atoms. The van der Waals surface area contributed by atoms with Crippen molar-refractivity contribution in [2.24, 2.45) is 0 Å². The van der Waals surface area contributed by atoms with Gasteiger partial charge in [0.1, 0.15) is 6.33 Å². The lowest BCUT2D eigenvalue weighted by molar-refractivity contribution is 0.574. The molecule has 1 aromatic carbocycles. The predicted molar refractivity (Wildman–Crippen MR) is 58.2 cm³/mol. The van der Waals surface area contributed by atoms with Crippen LogP contribution in [0.3, 0.4) is 0 Å². The third-order valence-electron chi connectivity index (χ3n) is 2.25. The zero-order valence-electron chi connectivity index (χ0n) is 8.79. The lowest BCUT2D eigenvalue weighted by Crippen LogP contribution is -2.24. The largest absolute Gasteiger partial charge is 0.350 e. The Morgan fingerprint density at radius 2 is 1.87 bits per heavy atom. The van der Waals surface area contributed by atoms with Crippen LogP contribution in [-0.4, -0.2) is 14.3 Å². The highest BCUT2D eigenvalue weighted by molar-refractivity contribution is 5.29. The Balaban J connectivity index is 2.52. The molecule has 1 aromatic heterocycles. The zero-order chi connectivity index (χ0) is 10.8. The fourth-order valence-corrected chi connectivity index (χ4v) is 1.42. The lowest BCUT2D eigenvalue weighted by atomic mass is 10.3. The Labute approximate surface area is 87.8 Å². The molecule has 4 nitrogen and oxygen atoms in total. The van der Waals surface area contributed by atoms with Gasteiger partial charge in [0.25, 0.3) is 0 Å². The summed E-state index contributed by atoms with van der Waals surface area (Å²) < 4.78 is 3.01. The Kier molecular flexibility index (Phi) is 2.41. The van der Waals surface area contributed by atoms with Crippen molar-refractivity contribution in [2.45, 2.75) is 19.9 Å². The molecule has 2 rings (SSSR count). The molecule has 2 aromatic rings. The highest BCUT2D eigenvalue weighted by Crippen LogP contribution is 2.03. The monoisotopic (exact) mass is 203 g/mol. The molecule has 0 amide bonds. The van der Waals surface area contributed by atoms with Crippen LogP contribution in [0.5, 0.6) is 0 Å². The molecule has 0 saturated carbocycles. The first kappa shape index (κ1) is 9.71. The number of rotatable bonds is 2. The number of hydrogen-bond acceptors (Lipinski definition) is 2. The fourth-order valence-electron chi connectivity index (χ4n) is 1.42. The maximum atomic E-state index is 11.9. The Morgan fingerprint density at radius 3 is 2.40 bits per heavy atom. The van der Waals surface area contributed by atoms with Gasteiger partial charge in [0.15, 0.2) is 0 Å². The molecule has 0 aliphatic heterocycles. The van der Waals surface area contributed by atoms with E-state index in [0.717, 1.165) is 5.69 Å². The van der Waals surface area contributed by atoms with Gasteiger partial charge >= 0.3 is 5.69 Å². The molecule has 0 spiro atoms. The molecule has 1 heterocycles.